The summed E-state index contributed by atoms with van der Waals surface area (Å²) in [6.45, 7) is 7.01. The highest BCUT2D eigenvalue weighted by atomic mass is 35.5. The van der Waals surface area contributed by atoms with Gasteiger partial charge in [0, 0.05) is 29.7 Å². The summed E-state index contributed by atoms with van der Waals surface area (Å²) in [5, 5.41) is 3.51. The van der Waals surface area contributed by atoms with Crippen molar-refractivity contribution in [2.24, 2.45) is 5.92 Å². The summed E-state index contributed by atoms with van der Waals surface area (Å²) < 4.78 is 33.7. The van der Waals surface area contributed by atoms with Crippen molar-refractivity contribution in [2.75, 3.05) is 26.7 Å². The minimum atomic E-state index is -3.92. The fourth-order valence-electron chi connectivity index (χ4n) is 3.83. The Hall–Kier alpha value is -2.13. The van der Waals surface area contributed by atoms with Crippen LogP contribution in [0.25, 0.3) is 0 Å². The number of benzene rings is 2. The van der Waals surface area contributed by atoms with Crippen molar-refractivity contribution in [3.05, 3.63) is 58.6 Å². The van der Waals surface area contributed by atoms with Gasteiger partial charge in [-0.05, 0) is 74.7 Å². The van der Waals surface area contributed by atoms with Crippen LogP contribution in [0, 0.1) is 5.92 Å². The number of carbonyl (C=O) groups excluding carboxylic acids is 1. The van der Waals surface area contributed by atoms with Gasteiger partial charge in [0.15, 0.2) is 0 Å². The number of ether oxygens (including phenoxy) is 1. The molecule has 0 spiro atoms. The number of piperidine rings is 1. The Labute approximate surface area is 201 Å². The van der Waals surface area contributed by atoms with E-state index in [1.807, 2.05) is 0 Å². The van der Waals surface area contributed by atoms with Gasteiger partial charge in [-0.15, -0.1) is 0 Å². The first-order valence-electron chi connectivity index (χ1n) is 11.1. The lowest BCUT2D eigenvalue weighted by molar-refractivity contribution is 0.0921. The number of nitrogens with one attached hydrogen (secondary N) is 2. The van der Waals surface area contributed by atoms with E-state index in [1.54, 1.807) is 30.3 Å². The number of sulfonamides is 1. The van der Waals surface area contributed by atoms with Crippen LogP contribution >= 0.6 is 11.6 Å². The van der Waals surface area contributed by atoms with Gasteiger partial charge >= 0.3 is 0 Å². The van der Waals surface area contributed by atoms with Crippen molar-refractivity contribution < 1.29 is 17.9 Å². The summed E-state index contributed by atoms with van der Waals surface area (Å²) in [5.74, 6) is 0.603. The van der Waals surface area contributed by atoms with Crippen molar-refractivity contribution in [1.29, 1.82) is 0 Å². The molecule has 2 N–H and O–H groups in total. The highest BCUT2D eigenvalue weighted by Crippen LogP contribution is 2.25. The number of halogens is 1. The summed E-state index contributed by atoms with van der Waals surface area (Å²) in [7, 11) is -2.52. The molecule has 0 saturated carbocycles. The predicted molar refractivity (Wildman–Crippen MR) is 130 cm³/mol. The molecular weight excluding hydrogens is 462 g/mol. The smallest absolute Gasteiger partial charge is 0.251 e. The molecule has 1 saturated heterocycles. The molecule has 2 aromatic carbocycles. The topological polar surface area (TPSA) is 87.7 Å². The van der Waals surface area contributed by atoms with Crippen LogP contribution < -0.4 is 14.8 Å². The van der Waals surface area contributed by atoms with Gasteiger partial charge in [0.05, 0.1) is 7.11 Å². The van der Waals surface area contributed by atoms with Crippen LogP contribution in [0.2, 0.25) is 5.02 Å². The second-order valence-corrected chi connectivity index (χ2v) is 10.8. The van der Waals surface area contributed by atoms with Gasteiger partial charge in [-0.25, -0.2) is 13.1 Å². The zero-order valence-corrected chi connectivity index (χ0v) is 20.9. The molecule has 1 aliphatic rings. The van der Waals surface area contributed by atoms with Gasteiger partial charge < -0.3 is 10.1 Å². The largest absolute Gasteiger partial charge is 0.495 e. The molecular formula is C24H32ClN3O4S. The Balaban J connectivity index is 1.67. The van der Waals surface area contributed by atoms with Crippen LogP contribution in [0.4, 0.5) is 0 Å². The van der Waals surface area contributed by atoms with E-state index in [1.165, 1.54) is 32.1 Å². The van der Waals surface area contributed by atoms with Gasteiger partial charge in [-0.2, -0.15) is 0 Å². The number of carbonyl (C=O) groups is 1. The SMILES string of the molecule is COc1ccc(C(=O)NCC(C)N2CCC(C)CC2)cc1S(=O)(=O)NCc1ccc(Cl)cc1. The van der Waals surface area contributed by atoms with Crippen LogP contribution in [0.1, 0.15) is 42.6 Å². The molecule has 0 aliphatic carbocycles. The fraction of sp³-hybridized carbons (Fsp3) is 0.458. The number of amides is 1. The lowest BCUT2D eigenvalue weighted by Crippen LogP contribution is -2.45. The Kier molecular flexibility index (Phi) is 8.75. The Morgan fingerprint density at radius 1 is 1.18 bits per heavy atom. The van der Waals surface area contributed by atoms with E-state index in [-0.39, 0.29) is 34.7 Å². The molecule has 3 rings (SSSR count). The minimum absolute atomic E-state index is 0.0790. The van der Waals surface area contributed by atoms with Crippen molar-refractivity contribution in [1.82, 2.24) is 14.9 Å². The number of hydrogen-bond donors (Lipinski definition) is 2. The quantitative estimate of drug-likeness (QED) is 0.556. The van der Waals surface area contributed by atoms with Gasteiger partial charge in [0.2, 0.25) is 10.0 Å². The number of methoxy groups -OCH3 is 1. The lowest BCUT2D eigenvalue weighted by atomic mass is 9.98. The van der Waals surface area contributed by atoms with E-state index < -0.39 is 10.0 Å². The maximum absolute atomic E-state index is 13.0. The molecule has 180 valence electrons. The first-order chi connectivity index (χ1) is 15.7. The molecule has 33 heavy (non-hydrogen) atoms. The molecule has 2 aromatic rings. The van der Waals surface area contributed by atoms with Crippen molar-refractivity contribution in [2.45, 2.75) is 44.2 Å². The van der Waals surface area contributed by atoms with E-state index in [9.17, 15) is 13.2 Å². The molecule has 1 fully saturated rings. The summed E-state index contributed by atoms with van der Waals surface area (Å²) in [6, 6.07) is 11.5. The van der Waals surface area contributed by atoms with Crippen molar-refractivity contribution in [3.63, 3.8) is 0 Å². The summed E-state index contributed by atoms with van der Waals surface area (Å²) in [5.41, 5.74) is 1.03. The zero-order chi connectivity index (χ0) is 24.0. The average molecular weight is 494 g/mol. The van der Waals surface area contributed by atoms with Gasteiger partial charge in [0.25, 0.3) is 5.91 Å². The van der Waals surface area contributed by atoms with Gasteiger partial charge in [-0.1, -0.05) is 30.7 Å². The molecule has 0 radical (unpaired) electrons. The second kappa shape index (κ2) is 11.3. The predicted octanol–water partition coefficient (Wildman–Crippen LogP) is 3.68. The highest BCUT2D eigenvalue weighted by Gasteiger charge is 2.23. The Bertz CT molecular complexity index is 1050. The maximum Gasteiger partial charge on any atom is 0.251 e. The third kappa shape index (κ3) is 6.93. The molecule has 1 unspecified atom stereocenters. The normalized spacial score (nSPS) is 16.4. The molecule has 0 aromatic heterocycles. The van der Waals surface area contributed by atoms with Gasteiger partial charge in [-0.3, -0.25) is 9.69 Å². The molecule has 1 heterocycles. The van der Waals surface area contributed by atoms with E-state index in [4.69, 9.17) is 16.3 Å². The van der Waals surface area contributed by atoms with Crippen LogP contribution in [0.5, 0.6) is 5.75 Å². The van der Waals surface area contributed by atoms with Crippen LogP contribution in [0.3, 0.4) is 0 Å². The van der Waals surface area contributed by atoms with Crippen LogP contribution in [-0.2, 0) is 16.6 Å². The molecule has 9 heteroatoms. The van der Waals surface area contributed by atoms with E-state index in [0.717, 1.165) is 24.6 Å². The summed E-state index contributed by atoms with van der Waals surface area (Å²) in [4.78, 5) is 15.1. The first-order valence-corrected chi connectivity index (χ1v) is 13.0. The molecule has 1 amide bonds. The lowest BCUT2D eigenvalue weighted by Gasteiger charge is -2.35. The van der Waals surface area contributed by atoms with Crippen molar-refractivity contribution in [3.8, 4) is 5.75 Å². The standard InChI is InChI=1S/C24H32ClN3O4S/c1-17-10-12-28(13-11-17)18(2)15-26-24(29)20-6-9-22(32-3)23(14-20)33(30,31)27-16-19-4-7-21(25)8-5-19/h4-9,14,17-18,27H,10-13,15-16H2,1-3H3,(H,26,29). The highest BCUT2D eigenvalue weighted by molar-refractivity contribution is 7.89. The third-order valence-corrected chi connectivity index (χ3v) is 7.77. The zero-order valence-electron chi connectivity index (χ0n) is 19.3. The minimum Gasteiger partial charge on any atom is -0.495 e. The summed E-state index contributed by atoms with van der Waals surface area (Å²) in [6.07, 6.45) is 2.34. The average Bonchev–Trinajstić information content (AvgIpc) is 2.82. The fourth-order valence-corrected chi connectivity index (χ4v) is 5.16. The Morgan fingerprint density at radius 3 is 2.48 bits per heavy atom. The first kappa shape index (κ1) is 25.5. The van der Waals surface area contributed by atoms with E-state index in [2.05, 4.69) is 28.8 Å². The molecule has 0 bridgehead atoms. The second-order valence-electron chi connectivity index (χ2n) is 8.59. The summed E-state index contributed by atoms with van der Waals surface area (Å²) >= 11 is 5.88. The molecule has 7 nitrogen and oxygen atoms in total. The number of hydrogen-bond acceptors (Lipinski definition) is 5. The monoisotopic (exact) mass is 493 g/mol. The molecule has 1 atom stereocenters. The van der Waals surface area contributed by atoms with E-state index in [0.29, 0.717) is 11.6 Å². The molecule has 1 aliphatic heterocycles. The van der Waals surface area contributed by atoms with Crippen LogP contribution in [0.15, 0.2) is 47.4 Å². The van der Waals surface area contributed by atoms with Gasteiger partial charge in [0.1, 0.15) is 10.6 Å². The maximum atomic E-state index is 13.0. The number of rotatable bonds is 9. The van der Waals surface area contributed by atoms with E-state index >= 15 is 0 Å². The third-order valence-electron chi connectivity index (χ3n) is 6.09. The number of likely N-dealkylation sites (tertiary alicyclic amines) is 1. The van der Waals surface area contributed by atoms with Crippen LogP contribution in [-0.4, -0.2) is 52.0 Å². The number of nitrogens with zero attached hydrogens (tertiary/aromatic N) is 1. The van der Waals surface area contributed by atoms with Crippen molar-refractivity contribution >= 4 is 27.5 Å². The Morgan fingerprint density at radius 2 is 1.85 bits per heavy atom.